The van der Waals surface area contributed by atoms with Gasteiger partial charge in [-0.2, -0.15) is 0 Å². The molecule has 1 aromatic heterocycles. The molecule has 1 saturated heterocycles. The lowest BCUT2D eigenvalue weighted by atomic mass is 10.2. The highest BCUT2D eigenvalue weighted by molar-refractivity contribution is 7.14. The lowest BCUT2D eigenvalue weighted by Crippen LogP contribution is -2.24. The first-order chi connectivity index (χ1) is 12.0. The van der Waals surface area contributed by atoms with E-state index in [1.807, 2.05) is 24.3 Å². The van der Waals surface area contributed by atoms with Crippen molar-refractivity contribution < 1.29 is 14.4 Å². The summed E-state index contributed by atoms with van der Waals surface area (Å²) in [5.41, 5.74) is 2.09. The zero-order valence-corrected chi connectivity index (χ0v) is 14.6. The summed E-state index contributed by atoms with van der Waals surface area (Å²) in [6, 6.07) is 7.57. The maximum Gasteiger partial charge on any atom is 0.271 e. The van der Waals surface area contributed by atoms with Crippen LogP contribution in [0.1, 0.15) is 35.8 Å². The van der Waals surface area contributed by atoms with Gasteiger partial charge in [0.2, 0.25) is 11.8 Å². The molecule has 1 aliphatic rings. The second-order valence-electron chi connectivity index (χ2n) is 5.72. The summed E-state index contributed by atoms with van der Waals surface area (Å²) in [5, 5.41) is 7.34. The van der Waals surface area contributed by atoms with Crippen molar-refractivity contribution in [3.63, 3.8) is 0 Å². The minimum absolute atomic E-state index is 0.152. The van der Waals surface area contributed by atoms with Gasteiger partial charge >= 0.3 is 0 Å². The molecular weight excluding hydrogens is 340 g/mol. The van der Waals surface area contributed by atoms with Crippen LogP contribution in [0.3, 0.4) is 0 Å². The molecule has 2 heterocycles. The van der Waals surface area contributed by atoms with Gasteiger partial charge in [0.1, 0.15) is 5.69 Å². The number of hydrogen-bond acceptors (Lipinski definition) is 5. The van der Waals surface area contributed by atoms with Crippen LogP contribution in [-0.4, -0.2) is 29.3 Å². The van der Waals surface area contributed by atoms with Crippen molar-refractivity contribution in [1.82, 2.24) is 10.3 Å². The molecular formula is C17H18N4O3S. The van der Waals surface area contributed by atoms with Crippen molar-refractivity contribution in [3.8, 4) is 0 Å². The Hall–Kier alpha value is -2.74. The highest BCUT2D eigenvalue weighted by Crippen LogP contribution is 2.21. The molecule has 2 N–H and O–H groups in total. The van der Waals surface area contributed by atoms with Crippen LogP contribution in [0, 0.1) is 0 Å². The number of carbonyl (C=O) groups is 3. The van der Waals surface area contributed by atoms with Crippen molar-refractivity contribution in [3.05, 3.63) is 40.9 Å². The van der Waals surface area contributed by atoms with Crippen LogP contribution in [-0.2, 0) is 16.1 Å². The first-order valence-electron chi connectivity index (χ1n) is 7.93. The van der Waals surface area contributed by atoms with E-state index in [0.717, 1.165) is 24.2 Å². The molecule has 0 atom stereocenters. The fourth-order valence-electron chi connectivity index (χ4n) is 2.57. The molecule has 25 heavy (non-hydrogen) atoms. The monoisotopic (exact) mass is 358 g/mol. The minimum Gasteiger partial charge on any atom is -0.347 e. The number of benzene rings is 1. The standard InChI is InChI=1S/C17H18N4O3S/c1-11(22)19-17-20-14(10-25-17)16(24)18-9-12-4-6-13(7-5-12)21-8-2-3-15(21)23/h4-7,10H,2-3,8-9H2,1H3,(H,18,24)(H,19,20,22). The SMILES string of the molecule is CC(=O)Nc1nc(C(=O)NCc2ccc(N3CCCC3=O)cc2)cs1. The zero-order valence-electron chi connectivity index (χ0n) is 13.7. The Labute approximate surface area is 149 Å². The highest BCUT2D eigenvalue weighted by Gasteiger charge is 2.21. The van der Waals surface area contributed by atoms with Gasteiger partial charge < -0.3 is 15.5 Å². The van der Waals surface area contributed by atoms with Gasteiger partial charge in [-0.05, 0) is 24.1 Å². The summed E-state index contributed by atoms with van der Waals surface area (Å²) < 4.78 is 0. The average Bonchev–Trinajstić information content (AvgIpc) is 3.22. The molecule has 8 heteroatoms. The van der Waals surface area contributed by atoms with E-state index in [9.17, 15) is 14.4 Å². The van der Waals surface area contributed by atoms with E-state index >= 15 is 0 Å². The maximum atomic E-state index is 12.1. The third-order valence-corrected chi connectivity index (χ3v) is 4.55. The summed E-state index contributed by atoms with van der Waals surface area (Å²) in [7, 11) is 0. The number of nitrogens with one attached hydrogen (secondary N) is 2. The molecule has 0 bridgehead atoms. The van der Waals surface area contributed by atoms with Gasteiger partial charge in [-0.25, -0.2) is 4.98 Å². The van der Waals surface area contributed by atoms with E-state index in [-0.39, 0.29) is 23.4 Å². The summed E-state index contributed by atoms with van der Waals surface area (Å²) in [6.45, 7) is 2.51. The fraction of sp³-hybridized carbons (Fsp3) is 0.294. The van der Waals surface area contributed by atoms with E-state index in [4.69, 9.17) is 0 Å². The van der Waals surface area contributed by atoms with Crippen molar-refractivity contribution >= 4 is 39.9 Å². The fourth-order valence-corrected chi connectivity index (χ4v) is 3.31. The second-order valence-corrected chi connectivity index (χ2v) is 6.58. The zero-order chi connectivity index (χ0) is 17.8. The van der Waals surface area contributed by atoms with Gasteiger partial charge in [-0.15, -0.1) is 11.3 Å². The summed E-state index contributed by atoms with van der Waals surface area (Å²) in [4.78, 5) is 40.7. The summed E-state index contributed by atoms with van der Waals surface area (Å²) >= 11 is 1.20. The van der Waals surface area contributed by atoms with Crippen molar-refractivity contribution in [2.45, 2.75) is 26.3 Å². The van der Waals surface area contributed by atoms with Crippen LogP contribution in [0.5, 0.6) is 0 Å². The van der Waals surface area contributed by atoms with E-state index in [1.54, 1.807) is 10.3 Å². The molecule has 0 unspecified atom stereocenters. The number of thiazole rings is 1. The Kier molecular flexibility index (Phi) is 5.08. The van der Waals surface area contributed by atoms with Crippen LogP contribution in [0.4, 0.5) is 10.8 Å². The van der Waals surface area contributed by atoms with E-state index in [2.05, 4.69) is 15.6 Å². The molecule has 0 spiro atoms. The molecule has 7 nitrogen and oxygen atoms in total. The molecule has 2 aromatic rings. The lowest BCUT2D eigenvalue weighted by molar-refractivity contribution is -0.117. The van der Waals surface area contributed by atoms with Crippen molar-refractivity contribution in [2.24, 2.45) is 0 Å². The predicted octanol–water partition coefficient (Wildman–Crippen LogP) is 2.16. The molecule has 130 valence electrons. The minimum atomic E-state index is -0.299. The van der Waals surface area contributed by atoms with Crippen LogP contribution in [0.15, 0.2) is 29.6 Å². The van der Waals surface area contributed by atoms with Crippen molar-refractivity contribution in [2.75, 3.05) is 16.8 Å². The van der Waals surface area contributed by atoms with Crippen LogP contribution >= 0.6 is 11.3 Å². The van der Waals surface area contributed by atoms with Gasteiger partial charge in [0.25, 0.3) is 5.91 Å². The molecule has 1 fully saturated rings. The van der Waals surface area contributed by atoms with Crippen molar-refractivity contribution in [1.29, 1.82) is 0 Å². The van der Waals surface area contributed by atoms with Gasteiger partial charge in [0.15, 0.2) is 5.13 Å². The number of anilines is 2. The highest BCUT2D eigenvalue weighted by atomic mass is 32.1. The Balaban J connectivity index is 1.56. The first-order valence-corrected chi connectivity index (χ1v) is 8.81. The Morgan fingerprint density at radius 2 is 2.04 bits per heavy atom. The van der Waals surface area contributed by atoms with Gasteiger partial charge in [0, 0.05) is 37.5 Å². The number of hydrogen-bond donors (Lipinski definition) is 2. The Morgan fingerprint density at radius 1 is 1.28 bits per heavy atom. The number of carbonyl (C=O) groups excluding carboxylic acids is 3. The van der Waals surface area contributed by atoms with E-state index < -0.39 is 0 Å². The van der Waals surface area contributed by atoms with Crippen LogP contribution < -0.4 is 15.5 Å². The number of aromatic nitrogens is 1. The number of amides is 3. The van der Waals surface area contributed by atoms with Crippen LogP contribution in [0.2, 0.25) is 0 Å². The summed E-state index contributed by atoms with van der Waals surface area (Å²) in [6.07, 6.45) is 1.50. The molecule has 3 rings (SSSR count). The molecule has 0 saturated carbocycles. The van der Waals surface area contributed by atoms with E-state index in [0.29, 0.717) is 18.1 Å². The lowest BCUT2D eigenvalue weighted by Gasteiger charge is -2.16. The Morgan fingerprint density at radius 3 is 2.68 bits per heavy atom. The number of nitrogens with zero attached hydrogens (tertiary/aromatic N) is 2. The van der Waals surface area contributed by atoms with E-state index in [1.165, 1.54) is 18.3 Å². The van der Waals surface area contributed by atoms with Gasteiger partial charge in [0.05, 0.1) is 0 Å². The second kappa shape index (κ2) is 7.43. The Bertz CT molecular complexity index is 800. The molecule has 1 aliphatic heterocycles. The van der Waals surface area contributed by atoms with Gasteiger partial charge in [-0.1, -0.05) is 12.1 Å². The first kappa shape index (κ1) is 17.1. The quantitative estimate of drug-likeness (QED) is 0.857. The largest absolute Gasteiger partial charge is 0.347 e. The number of rotatable bonds is 5. The molecule has 3 amide bonds. The third-order valence-electron chi connectivity index (χ3n) is 3.79. The maximum absolute atomic E-state index is 12.1. The smallest absolute Gasteiger partial charge is 0.271 e. The predicted molar refractivity (Wildman–Crippen MR) is 95.6 cm³/mol. The van der Waals surface area contributed by atoms with Gasteiger partial charge in [-0.3, -0.25) is 14.4 Å². The molecule has 1 aromatic carbocycles. The molecule has 0 radical (unpaired) electrons. The third kappa shape index (κ3) is 4.21. The summed E-state index contributed by atoms with van der Waals surface area (Å²) in [5.74, 6) is -0.371. The topological polar surface area (TPSA) is 91.4 Å². The normalized spacial score (nSPS) is 13.8. The molecule has 0 aliphatic carbocycles. The average molecular weight is 358 g/mol. The van der Waals surface area contributed by atoms with Crippen LogP contribution in [0.25, 0.3) is 0 Å².